The molecule has 17 N–H and O–H groups in total. The van der Waals surface area contributed by atoms with E-state index in [0.717, 1.165) is 6.92 Å². The number of aliphatic hydroxyl groups is 1. The number of nitrogens with two attached hydrogens (primary N) is 2. The number of carboxylic acid groups (broad SMARTS) is 3. The number of aliphatic hydroxyl groups excluding tert-OH is 1. The van der Waals surface area contributed by atoms with E-state index in [-0.39, 0.29) is 37.4 Å². The SMILES string of the molecule is CC(C)C[C@H](NC(=O)[C@H](Cc1ccccc1)NC(=O)[C@@H](N)CC(N)=O)C(=O)N[C@@H](CCC(=O)O)C(=O)N[C@@H](CO)C(=O)N[C@@H](Cc1ccc(O)cc1)C(=O)N[C@@H](Cc1ccccc1)C(=O)N[C@@H](CCC(=O)O)C(=O)N[C@@H](C)C(=O)O. The summed E-state index contributed by atoms with van der Waals surface area (Å²) < 4.78 is 0. The fourth-order valence-corrected chi connectivity index (χ4v) is 7.76. The highest BCUT2D eigenvalue weighted by Gasteiger charge is 2.36. The normalized spacial score (nSPS) is 14.3. The molecule has 9 atom stereocenters. The maximum atomic E-state index is 14.4. The van der Waals surface area contributed by atoms with E-state index in [9.17, 15) is 83.1 Å². The molecule has 0 bridgehead atoms. The number of carboxylic acids is 3. The van der Waals surface area contributed by atoms with Crippen LogP contribution >= 0.6 is 0 Å². The molecule has 9 amide bonds. The first-order valence-electron chi connectivity index (χ1n) is 25.4. The van der Waals surface area contributed by atoms with E-state index >= 15 is 0 Å². The number of nitrogens with one attached hydrogen (secondary N) is 8. The summed E-state index contributed by atoms with van der Waals surface area (Å²) in [6.45, 7) is 3.41. The first-order valence-corrected chi connectivity index (χ1v) is 25.4. The lowest BCUT2D eigenvalue weighted by atomic mass is 10.00. The Kier molecular flexibility index (Phi) is 26.7. The zero-order valence-electron chi connectivity index (χ0n) is 44.2. The van der Waals surface area contributed by atoms with Gasteiger partial charge in [0.2, 0.25) is 53.2 Å². The molecule has 434 valence electrons. The molecule has 0 heterocycles. The van der Waals surface area contributed by atoms with Crippen LogP contribution in [0.25, 0.3) is 0 Å². The minimum Gasteiger partial charge on any atom is -0.508 e. The van der Waals surface area contributed by atoms with E-state index in [1.165, 1.54) is 24.3 Å². The quantitative estimate of drug-likeness (QED) is 0.0291. The molecule has 0 aliphatic heterocycles. The van der Waals surface area contributed by atoms with Crippen molar-refractivity contribution >= 4 is 71.1 Å². The van der Waals surface area contributed by atoms with E-state index < -0.39 is 164 Å². The highest BCUT2D eigenvalue weighted by atomic mass is 16.4. The Bertz CT molecular complexity index is 2640. The smallest absolute Gasteiger partial charge is 0.325 e. The van der Waals surface area contributed by atoms with Gasteiger partial charge in [-0.25, -0.2) is 0 Å². The van der Waals surface area contributed by atoms with E-state index in [0.29, 0.717) is 16.7 Å². The third kappa shape index (κ3) is 23.3. The highest BCUT2D eigenvalue weighted by Crippen LogP contribution is 2.14. The van der Waals surface area contributed by atoms with Crippen molar-refractivity contribution in [3.8, 4) is 5.75 Å². The second-order valence-corrected chi connectivity index (χ2v) is 19.2. The predicted octanol–water partition coefficient (Wildman–Crippen LogP) is -2.63. The van der Waals surface area contributed by atoms with Gasteiger partial charge in [-0.15, -0.1) is 0 Å². The molecule has 0 aliphatic rings. The van der Waals surface area contributed by atoms with Crippen molar-refractivity contribution in [3.63, 3.8) is 0 Å². The lowest BCUT2D eigenvalue weighted by Gasteiger charge is -2.28. The summed E-state index contributed by atoms with van der Waals surface area (Å²) in [6.07, 6.45) is -3.78. The maximum absolute atomic E-state index is 14.4. The predicted molar refractivity (Wildman–Crippen MR) is 283 cm³/mol. The van der Waals surface area contributed by atoms with E-state index in [4.69, 9.17) is 11.5 Å². The fraction of sp³-hybridized carbons (Fsp3) is 0.434. The van der Waals surface area contributed by atoms with Crippen molar-refractivity contribution < 1.29 is 83.1 Å². The molecule has 27 nitrogen and oxygen atoms in total. The monoisotopic (exact) mass is 1120 g/mol. The van der Waals surface area contributed by atoms with Crippen molar-refractivity contribution in [2.45, 2.75) is 133 Å². The van der Waals surface area contributed by atoms with E-state index in [1.807, 2.05) is 0 Å². The van der Waals surface area contributed by atoms with Crippen LogP contribution in [0, 0.1) is 5.92 Å². The Labute approximate surface area is 459 Å². The molecule has 27 heteroatoms. The summed E-state index contributed by atoms with van der Waals surface area (Å²) in [7, 11) is 0. The Morgan fingerprint density at radius 3 is 1.18 bits per heavy atom. The topological polar surface area (TPSA) is 454 Å². The maximum Gasteiger partial charge on any atom is 0.325 e. The molecule has 0 spiro atoms. The molecule has 3 aromatic carbocycles. The van der Waals surface area contributed by atoms with Crippen molar-refractivity contribution in [3.05, 3.63) is 102 Å². The first kappa shape index (κ1) is 65.3. The molecule has 0 aromatic heterocycles. The van der Waals surface area contributed by atoms with Crippen molar-refractivity contribution in [2.75, 3.05) is 6.61 Å². The number of rotatable bonds is 34. The lowest BCUT2D eigenvalue weighted by molar-refractivity contribution is -0.142. The summed E-state index contributed by atoms with van der Waals surface area (Å²) in [4.78, 5) is 157. The number of carbonyl (C=O) groups is 12. The van der Waals surface area contributed by atoms with Gasteiger partial charge in [-0.1, -0.05) is 86.6 Å². The molecule has 0 unspecified atom stereocenters. The van der Waals surface area contributed by atoms with Crippen LogP contribution in [0.2, 0.25) is 0 Å². The number of aromatic hydroxyl groups is 1. The van der Waals surface area contributed by atoms with Gasteiger partial charge in [0.1, 0.15) is 54.1 Å². The van der Waals surface area contributed by atoms with Crippen LogP contribution in [0.1, 0.15) is 76.0 Å². The van der Waals surface area contributed by atoms with Gasteiger partial charge in [0.05, 0.1) is 19.1 Å². The van der Waals surface area contributed by atoms with Crippen LogP contribution in [0.4, 0.5) is 0 Å². The third-order valence-corrected chi connectivity index (χ3v) is 12.0. The summed E-state index contributed by atoms with van der Waals surface area (Å²) >= 11 is 0. The Morgan fingerprint density at radius 2 is 0.787 bits per heavy atom. The van der Waals surface area contributed by atoms with Crippen LogP contribution in [-0.4, -0.2) is 158 Å². The van der Waals surface area contributed by atoms with Crippen LogP contribution in [-0.2, 0) is 76.8 Å². The Morgan fingerprint density at radius 1 is 0.450 bits per heavy atom. The highest BCUT2D eigenvalue weighted by molar-refractivity contribution is 5.98. The van der Waals surface area contributed by atoms with Gasteiger partial charge < -0.3 is 79.5 Å². The fourth-order valence-electron chi connectivity index (χ4n) is 7.76. The Hall–Kier alpha value is -8.98. The third-order valence-electron chi connectivity index (χ3n) is 12.0. The van der Waals surface area contributed by atoms with E-state index in [1.54, 1.807) is 74.5 Å². The number of primary amides is 1. The van der Waals surface area contributed by atoms with Gasteiger partial charge in [-0.05, 0) is 60.9 Å². The first-order chi connectivity index (χ1) is 37.8. The van der Waals surface area contributed by atoms with Gasteiger partial charge in [0, 0.05) is 32.1 Å². The number of aliphatic carboxylic acids is 3. The molecule has 0 radical (unpaired) electrons. The molecule has 3 rings (SSSR count). The minimum absolute atomic E-state index is 0.0647. The van der Waals surface area contributed by atoms with Crippen LogP contribution in [0.3, 0.4) is 0 Å². The minimum atomic E-state index is -1.92. The molecule has 80 heavy (non-hydrogen) atoms. The molecule has 0 saturated heterocycles. The van der Waals surface area contributed by atoms with Gasteiger partial charge >= 0.3 is 17.9 Å². The molecule has 0 fully saturated rings. The van der Waals surface area contributed by atoms with Crippen molar-refractivity contribution in [1.82, 2.24) is 42.5 Å². The van der Waals surface area contributed by atoms with Gasteiger partial charge in [-0.2, -0.15) is 0 Å². The standard InChI is InChI=1S/C53H70N10O17/c1-28(2)22-37(60-50(76)38(23-30-10-6-4-7-11-30)59-45(71)34(54)26-42(55)66)48(74)58-36(19-21-44(69)70)47(73)63-41(27-64)52(78)62-40(25-32-14-16-33(65)17-15-32)51(77)61-39(24-31-12-8-5-9-13-31)49(75)57-35(18-20-43(67)68)46(72)56-29(3)53(79)80/h4-17,28-29,34-41,64-65H,18-27,54H2,1-3H3,(H2,55,66)(H,56,72)(H,57,75)(H,58,74)(H,59,71)(H,60,76)(H,61,77)(H,62,78)(H,63,73)(H,67,68)(H,69,70)(H,79,80)/t29-,34-,35-,36-,37-,38-,39-,40-,41-/m0/s1. The number of hydrogen-bond acceptors (Lipinski definition) is 15. The number of hydrogen-bond donors (Lipinski definition) is 15. The average molecular weight is 1120 g/mol. The number of amides is 9. The molecular formula is C53H70N10O17. The number of phenols is 1. The summed E-state index contributed by atoms with van der Waals surface area (Å²) in [5.74, 6) is -13.8. The van der Waals surface area contributed by atoms with Crippen LogP contribution in [0.15, 0.2) is 84.9 Å². The molecule has 0 aliphatic carbocycles. The van der Waals surface area contributed by atoms with Gasteiger partial charge in [0.15, 0.2) is 0 Å². The van der Waals surface area contributed by atoms with Crippen LogP contribution < -0.4 is 54.0 Å². The lowest BCUT2D eigenvalue weighted by Crippen LogP contribution is -2.61. The van der Waals surface area contributed by atoms with Gasteiger partial charge in [0.25, 0.3) is 0 Å². The number of carbonyl (C=O) groups excluding carboxylic acids is 9. The number of phenolic OH excluding ortho intramolecular Hbond substituents is 1. The van der Waals surface area contributed by atoms with Crippen molar-refractivity contribution in [2.24, 2.45) is 17.4 Å². The molecule has 3 aromatic rings. The summed E-state index contributed by atoms with van der Waals surface area (Å²) in [6, 6.07) is 7.68. The van der Waals surface area contributed by atoms with Gasteiger partial charge in [-0.3, -0.25) is 57.5 Å². The Balaban J connectivity index is 1.94. The second kappa shape index (κ2) is 32.7. The zero-order valence-corrected chi connectivity index (χ0v) is 44.2. The largest absolute Gasteiger partial charge is 0.508 e. The van der Waals surface area contributed by atoms with Crippen molar-refractivity contribution in [1.29, 1.82) is 0 Å². The summed E-state index contributed by atoms with van der Waals surface area (Å²) in [5, 5.41) is 68.0. The van der Waals surface area contributed by atoms with Crippen LogP contribution in [0.5, 0.6) is 5.75 Å². The average Bonchev–Trinajstić information content (AvgIpc) is 3.39. The summed E-state index contributed by atoms with van der Waals surface area (Å²) in [5.41, 5.74) is 12.4. The molecule has 0 saturated carbocycles. The number of benzene rings is 3. The zero-order chi connectivity index (χ0) is 59.6. The molecular weight excluding hydrogens is 1050 g/mol. The van der Waals surface area contributed by atoms with E-state index in [2.05, 4.69) is 42.5 Å². The second-order valence-electron chi connectivity index (χ2n) is 19.2.